The standard InChI is InChI=1S/C15H23BrN2O/c1-8-9(2)15(19-5)12(10(3)13(8)16)14-11(4)17-6-7-18-14/h11,14,17-18H,6-7H2,1-5H3. The summed E-state index contributed by atoms with van der Waals surface area (Å²) in [5.74, 6) is 1.02. The summed E-state index contributed by atoms with van der Waals surface area (Å²) in [4.78, 5) is 0. The third kappa shape index (κ3) is 2.54. The van der Waals surface area contributed by atoms with Gasteiger partial charge in [0.1, 0.15) is 5.75 Å². The van der Waals surface area contributed by atoms with Gasteiger partial charge in [-0.1, -0.05) is 15.9 Å². The SMILES string of the molecule is COc1c(C)c(C)c(Br)c(C)c1C1NCCNC1C. The predicted molar refractivity (Wildman–Crippen MR) is 83.1 cm³/mol. The van der Waals surface area contributed by atoms with Crippen LogP contribution in [-0.4, -0.2) is 26.2 Å². The Labute approximate surface area is 124 Å². The number of nitrogens with one attached hydrogen (secondary N) is 2. The molecule has 3 nitrogen and oxygen atoms in total. The van der Waals surface area contributed by atoms with Crippen molar-refractivity contribution in [3.8, 4) is 5.75 Å². The molecule has 0 spiro atoms. The van der Waals surface area contributed by atoms with Gasteiger partial charge in [0.25, 0.3) is 0 Å². The number of rotatable bonds is 2. The minimum absolute atomic E-state index is 0.291. The molecule has 0 aliphatic carbocycles. The summed E-state index contributed by atoms with van der Waals surface area (Å²) in [7, 11) is 1.76. The molecular weight excluding hydrogens is 304 g/mol. The van der Waals surface area contributed by atoms with Crippen molar-refractivity contribution in [2.24, 2.45) is 0 Å². The molecule has 1 aromatic carbocycles. The Hall–Kier alpha value is -0.580. The van der Waals surface area contributed by atoms with Crippen molar-refractivity contribution in [3.05, 3.63) is 26.7 Å². The highest BCUT2D eigenvalue weighted by Gasteiger charge is 2.29. The quantitative estimate of drug-likeness (QED) is 0.876. The normalized spacial score (nSPS) is 23.5. The maximum absolute atomic E-state index is 5.71. The van der Waals surface area contributed by atoms with Gasteiger partial charge in [-0.2, -0.15) is 0 Å². The molecule has 2 unspecified atom stereocenters. The fraction of sp³-hybridized carbons (Fsp3) is 0.600. The summed E-state index contributed by atoms with van der Waals surface area (Å²) < 4.78 is 6.90. The molecule has 1 fully saturated rings. The van der Waals surface area contributed by atoms with Gasteiger partial charge < -0.3 is 15.4 Å². The highest BCUT2D eigenvalue weighted by molar-refractivity contribution is 9.10. The lowest BCUT2D eigenvalue weighted by atomic mass is 9.90. The van der Waals surface area contributed by atoms with Gasteiger partial charge in [0.15, 0.2) is 0 Å². The highest BCUT2D eigenvalue weighted by Crippen LogP contribution is 2.40. The van der Waals surface area contributed by atoms with E-state index in [1.54, 1.807) is 7.11 Å². The van der Waals surface area contributed by atoms with E-state index in [-0.39, 0.29) is 0 Å². The molecule has 2 N–H and O–H groups in total. The average Bonchev–Trinajstić information content (AvgIpc) is 2.41. The zero-order valence-electron chi connectivity index (χ0n) is 12.4. The number of hydrogen-bond donors (Lipinski definition) is 2. The smallest absolute Gasteiger partial charge is 0.127 e. The minimum atomic E-state index is 0.291. The summed E-state index contributed by atoms with van der Waals surface area (Å²) in [6.45, 7) is 10.7. The van der Waals surface area contributed by atoms with Crippen LogP contribution in [0.3, 0.4) is 0 Å². The first-order valence-electron chi connectivity index (χ1n) is 6.79. The maximum Gasteiger partial charge on any atom is 0.127 e. The van der Waals surface area contributed by atoms with Crippen LogP contribution in [0, 0.1) is 20.8 Å². The Bertz CT molecular complexity index is 488. The van der Waals surface area contributed by atoms with E-state index >= 15 is 0 Å². The Balaban J connectivity index is 2.60. The number of halogens is 1. The van der Waals surface area contributed by atoms with Crippen LogP contribution in [0.1, 0.15) is 35.2 Å². The number of benzene rings is 1. The van der Waals surface area contributed by atoms with Crippen molar-refractivity contribution in [1.29, 1.82) is 0 Å². The summed E-state index contributed by atoms with van der Waals surface area (Å²) in [5, 5.41) is 7.14. The predicted octanol–water partition coefficient (Wildman–Crippen LogP) is 3.01. The van der Waals surface area contributed by atoms with Crippen LogP contribution in [0.5, 0.6) is 5.75 Å². The van der Waals surface area contributed by atoms with Gasteiger partial charge in [0.2, 0.25) is 0 Å². The summed E-state index contributed by atoms with van der Waals surface area (Å²) in [6.07, 6.45) is 0. The van der Waals surface area contributed by atoms with E-state index in [1.807, 2.05) is 0 Å². The first kappa shape index (κ1) is 14.8. The lowest BCUT2D eigenvalue weighted by Gasteiger charge is -2.34. The van der Waals surface area contributed by atoms with E-state index in [0.717, 1.165) is 18.8 Å². The van der Waals surface area contributed by atoms with Crippen LogP contribution in [0.4, 0.5) is 0 Å². The van der Waals surface area contributed by atoms with Crippen LogP contribution in [0.25, 0.3) is 0 Å². The topological polar surface area (TPSA) is 33.3 Å². The molecule has 4 heteroatoms. The second-order valence-electron chi connectivity index (χ2n) is 5.31. The fourth-order valence-electron chi connectivity index (χ4n) is 2.92. The van der Waals surface area contributed by atoms with Crippen LogP contribution in [0.15, 0.2) is 4.47 Å². The molecule has 2 rings (SSSR count). The first-order valence-corrected chi connectivity index (χ1v) is 7.58. The van der Waals surface area contributed by atoms with Gasteiger partial charge in [0.05, 0.1) is 13.2 Å². The van der Waals surface area contributed by atoms with E-state index in [0.29, 0.717) is 12.1 Å². The third-order valence-electron chi connectivity index (χ3n) is 4.18. The second-order valence-corrected chi connectivity index (χ2v) is 6.10. The Morgan fingerprint density at radius 2 is 1.68 bits per heavy atom. The molecule has 2 atom stereocenters. The van der Waals surface area contributed by atoms with E-state index in [4.69, 9.17) is 4.74 Å². The zero-order chi connectivity index (χ0) is 14.2. The molecule has 0 radical (unpaired) electrons. The fourth-order valence-corrected chi connectivity index (χ4v) is 3.43. The molecule has 0 bridgehead atoms. The van der Waals surface area contributed by atoms with Crippen LogP contribution < -0.4 is 15.4 Å². The van der Waals surface area contributed by atoms with Gasteiger partial charge in [-0.25, -0.2) is 0 Å². The molecule has 1 aliphatic rings. The van der Waals surface area contributed by atoms with Gasteiger partial charge in [0, 0.05) is 29.2 Å². The molecule has 1 aromatic rings. The second kappa shape index (κ2) is 5.81. The van der Waals surface area contributed by atoms with E-state index in [9.17, 15) is 0 Å². The van der Waals surface area contributed by atoms with Gasteiger partial charge >= 0.3 is 0 Å². The highest BCUT2D eigenvalue weighted by atomic mass is 79.9. The van der Waals surface area contributed by atoms with Crippen molar-refractivity contribution in [1.82, 2.24) is 10.6 Å². The lowest BCUT2D eigenvalue weighted by Crippen LogP contribution is -2.49. The zero-order valence-corrected chi connectivity index (χ0v) is 13.9. The van der Waals surface area contributed by atoms with Crippen molar-refractivity contribution >= 4 is 15.9 Å². The number of piperazine rings is 1. The molecule has 1 aliphatic heterocycles. The third-order valence-corrected chi connectivity index (χ3v) is 5.37. The Morgan fingerprint density at radius 3 is 2.26 bits per heavy atom. The maximum atomic E-state index is 5.71. The van der Waals surface area contributed by atoms with E-state index < -0.39 is 0 Å². The molecule has 1 heterocycles. The molecule has 106 valence electrons. The van der Waals surface area contributed by atoms with Crippen molar-refractivity contribution in [2.75, 3.05) is 20.2 Å². The van der Waals surface area contributed by atoms with Gasteiger partial charge in [-0.05, 0) is 44.4 Å². The van der Waals surface area contributed by atoms with E-state index in [1.165, 1.54) is 26.7 Å². The molecule has 0 amide bonds. The number of ether oxygens (including phenoxy) is 1. The molecule has 1 saturated heterocycles. The van der Waals surface area contributed by atoms with Crippen LogP contribution in [-0.2, 0) is 0 Å². The van der Waals surface area contributed by atoms with Crippen LogP contribution >= 0.6 is 15.9 Å². The van der Waals surface area contributed by atoms with Crippen molar-refractivity contribution in [2.45, 2.75) is 39.8 Å². The molecular formula is C15H23BrN2O. The number of hydrogen-bond acceptors (Lipinski definition) is 3. The average molecular weight is 327 g/mol. The van der Waals surface area contributed by atoms with Gasteiger partial charge in [-0.15, -0.1) is 0 Å². The summed E-state index contributed by atoms with van der Waals surface area (Å²) >= 11 is 3.73. The van der Waals surface area contributed by atoms with Gasteiger partial charge in [-0.3, -0.25) is 0 Å². The lowest BCUT2D eigenvalue weighted by molar-refractivity contribution is 0.328. The van der Waals surface area contributed by atoms with Crippen molar-refractivity contribution in [3.63, 3.8) is 0 Å². The number of methoxy groups -OCH3 is 1. The molecule has 0 aromatic heterocycles. The largest absolute Gasteiger partial charge is 0.496 e. The van der Waals surface area contributed by atoms with E-state index in [2.05, 4.69) is 54.3 Å². The summed E-state index contributed by atoms with van der Waals surface area (Å²) in [6, 6.07) is 0.689. The first-order chi connectivity index (χ1) is 8.99. The van der Waals surface area contributed by atoms with Crippen LogP contribution in [0.2, 0.25) is 0 Å². The Morgan fingerprint density at radius 1 is 1.05 bits per heavy atom. The monoisotopic (exact) mass is 326 g/mol. The van der Waals surface area contributed by atoms with Crippen molar-refractivity contribution < 1.29 is 4.74 Å². The Kier molecular flexibility index (Phi) is 4.54. The molecule has 0 saturated carbocycles. The minimum Gasteiger partial charge on any atom is -0.496 e. The summed E-state index contributed by atoms with van der Waals surface area (Å²) in [5.41, 5.74) is 5.02. The molecule has 19 heavy (non-hydrogen) atoms.